The number of imidazole rings is 1. The molecule has 2 aromatic rings. The number of aromatic nitrogens is 3. The average Bonchev–Trinajstić information content (AvgIpc) is 2.90. The van der Waals surface area contributed by atoms with Crippen LogP contribution in [0.5, 0.6) is 0 Å². The molecule has 0 aliphatic heterocycles. The summed E-state index contributed by atoms with van der Waals surface area (Å²) in [4.78, 5) is 11.5. The van der Waals surface area contributed by atoms with E-state index in [1.165, 1.54) is 0 Å². The third-order valence-electron chi connectivity index (χ3n) is 2.26. The first-order valence-electron chi connectivity index (χ1n) is 4.96. The van der Waals surface area contributed by atoms with E-state index in [-0.39, 0.29) is 0 Å². The summed E-state index contributed by atoms with van der Waals surface area (Å²) in [6.07, 6.45) is 4.54. The van der Waals surface area contributed by atoms with Crippen LogP contribution in [0.25, 0.3) is 0 Å². The van der Waals surface area contributed by atoms with Gasteiger partial charge in [-0.2, -0.15) is 0 Å². The fourth-order valence-corrected chi connectivity index (χ4v) is 2.03. The molecule has 15 heavy (non-hydrogen) atoms. The Kier molecular flexibility index (Phi) is 3.47. The number of nitrogens with zero attached hydrogens (tertiary/aromatic N) is 2. The minimum absolute atomic E-state index is 0.311. The molecule has 0 saturated heterocycles. The fourth-order valence-electron chi connectivity index (χ4n) is 1.38. The van der Waals surface area contributed by atoms with Crippen molar-refractivity contribution >= 4 is 11.3 Å². The molecule has 0 amide bonds. The predicted octanol–water partition coefficient (Wildman–Crippen LogP) is 1.76. The van der Waals surface area contributed by atoms with Gasteiger partial charge in [0.25, 0.3) is 0 Å². The van der Waals surface area contributed by atoms with E-state index >= 15 is 0 Å². The highest BCUT2D eigenvalue weighted by atomic mass is 32.1. The smallest absolute Gasteiger partial charge is 0.107 e. The lowest BCUT2D eigenvalue weighted by molar-refractivity contribution is 0.561. The Morgan fingerprint density at radius 3 is 3.13 bits per heavy atom. The maximum Gasteiger partial charge on any atom is 0.107 e. The number of nitrogens with one attached hydrogen (secondary N) is 2. The van der Waals surface area contributed by atoms with E-state index in [1.807, 2.05) is 11.7 Å². The zero-order valence-electron chi connectivity index (χ0n) is 8.60. The van der Waals surface area contributed by atoms with Gasteiger partial charge >= 0.3 is 0 Å². The van der Waals surface area contributed by atoms with Crippen molar-refractivity contribution < 1.29 is 0 Å². The monoisotopic (exact) mass is 222 g/mol. The average molecular weight is 222 g/mol. The van der Waals surface area contributed by atoms with Crippen LogP contribution in [-0.2, 0) is 6.42 Å². The molecule has 0 saturated carbocycles. The summed E-state index contributed by atoms with van der Waals surface area (Å²) in [5, 5.41) is 5.48. The largest absolute Gasteiger partial charge is 0.349 e. The Hall–Kier alpha value is -1.20. The molecule has 0 spiro atoms. The second kappa shape index (κ2) is 5.04. The molecule has 0 aromatic carbocycles. The second-order valence-corrected chi connectivity index (χ2v) is 4.09. The summed E-state index contributed by atoms with van der Waals surface area (Å²) in [5.41, 5.74) is 2.97. The molecule has 2 aromatic heterocycles. The van der Waals surface area contributed by atoms with Gasteiger partial charge in [0.05, 0.1) is 11.2 Å². The maximum atomic E-state index is 4.26. The van der Waals surface area contributed by atoms with Gasteiger partial charge in [0.15, 0.2) is 0 Å². The van der Waals surface area contributed by atoms with Crippen molar-refractivity contribution in [3.05, 3.63) is 34.8 Å². The predicted molar refractivity (Wildman–Crippen MR) is 60.8 cm³/mol. The van der Waals surface area contributed by atoms with Gasteiger partial charge in [0, 0.05) is 36.8 Å². The van der Waals surface area contributed by atoms with Crippen molar-refractivity contribution in [2.24, 2.45) is 0 Å². The lowest BCUT2D eigenvalue weighted by atomic mass is 10.2. The van der Waals surface area contributed by atoms with Gasteiger partial charge in [-0.3, -0.25) is 0 Å². The zero-order chi connectivity index (χ0) is 10.5. The Morgan fingerprint density at radius 1 is 1.53 bits per heavy atom. The van der Waals surface area contributed by atoms with Crippen LogP contribution in [0.3, 0.4) is 0 Å². The summed E-state index contributed by atoms with van der Waals surface area (Å²) >= 11 is 1.63. The number of aromatic amines is 1. The third-order valence-corrected chi connectivity index (χ3v) is 2.87. The quantitative estimate of drug-likeness (QED) is 0.810. The molecule has 2 N–H and O–H groups in total. The summed E-state index contributed by atoms with van der Waals surface area (Å²) in [6.45, 7) is 3.03. The number of H-pyrrole nitrogens is 1. The van der Waals surface area contributed by atoms with Crippen LogP contribution in [-0.4, -0.2) is 21.5 Å². The number of rotatable bonds is 5. The molecule has 4 nitrogen and oxygen atoms in total. The van der Waals surface area contributed by atoms with Gasteiger partial charge in [-0.05, 0) is 6.92 Å². The van der Waals surface area contributed by atoms with E-state index in [1.54, 1.807) is 17.5 Å². The molecule has 2 heterocycles. The Morgan fingerprint density at radius 2 is 2.47 bits per heavy atom. The molecule has 1 atom stereocenters. The van der Waals surface area contributed by atoms with Crippen LogP contribution in [0.2, 0.25) is 0 Å². The molecule has 0 aliphatic carbocycles. The highest BCUT2D eigenvalue weighted by Gasteiger charge is 2.05. The van der Waals surface area contributed by atoms with E-state index in [2.05, 4.69) is 32.6 Å². The van der Waals surface area contributed by atoms with Gasteiger partial charge in [0.2, 0.25) is 0 Å². The van der Waals surface area contributed by atoms with E-state index in [4.69, 9.17) is 0 Å². The molecule has 0 bridgehead atoms. The van der Waals surface area contributed by atoms with Crippen molar-refractivity contribution in [1.29, 1.82) is 0 Å². The third kappa shape index (κ3) is 2.87. The second-order valence-electron chi connectivity index (χ2n) is 3.37. The molecule has 1 unspecified atom stereocenters. The minimum Gasteiger partial charge on any atom is -0.349 e. The van der Waals surface area contributed by atoms with Crippen molar-refractivity contribution in [3.63, 3.8) is 0 Å². The SMILES string of the molecule is CC(NCCc1ncc[nH]1)c1cscn1. The zero-order valence-corrected chi connectivity index (χ0v) is 9.42. The van der Waals surface area contributed by atoms with Crippen LogP contribution in [0, 0.1) is 0 Å². The normalized spacial score (nSPS) is 12.9. The van der Waals surface area contributed by atoms with E-state index < -0.39 is 0 Å². The van der Waals surface area contributed by atoms with E-state index in [9.17, 15) is 0 Å². The van der Waals surface area contributed by atoms with Gasteiger partial charge in [0.1, 0.15) is 5.82 Å². The highest BCUT2D eigenvalue weighted by molar-refractivity contribution is 7.07. The minimum atomic E-state index is 0.311. The molecule has 80 valence electrons. The molecule has 0 radical (unpaired) electrons. The first-order chi connectivity index (χ1) is 7.36. The summed E-state index contributed by atoms with van der Waals surface area (Å²) in [6, 6.07) is 0.311. The lowest BCUT2D eigenvalue weighted by Crippen LogP contribution is -2.21. The van der Waals surface area contributed by atoms with Crippen molar-refractivity contribution in [2.75, 3.05) is 6.54 Å². The Labute approximate surface area is 92.8 Å². The highest BCUT2D eigenvalue weighted by Crippen LogP contribution is 2.11. The van der Waals surface area contributed by atoms with Crippen LogP contribution >= 0.6 is 11.3 Å². The van der Waals surface area contributed by atoms with Crippen LogP contribution < -0.4 is 5.32 Å². The molecule has 0 fully saturated rings. The van der Waals surface area contributed by atoms with Gasteiger partial charge in [-0.15, -0.1) is 11.3 Å². The van der Waals surface area contributed by atoms with Crippen LogP contribution in [0.15, 0.2) is 23.3 Å². The van der Waals surface area contributed by atoms with E-state index in [0.717, 1.165) is 24.5 Å². The van der Waals surface area contributed by atoms with Gasteiger partial charge in [-0.1, -0.05) is 0 Å². The molecular formula is C10H14N4S. The first-order valence-corrected chi connectivity index (χ1v) is 5.90. The van der Waals surface area contributed by atoms with Crippen molar-refractivity contribution in [2.45, 2.75) is 19.4 Å². The molecule has 0 aliphatic rings. The van der Waals surface area contributed by atoms with Crippen LogP contribution in [0.1, 0.15) is 24.5 Å². The fraction of sp³-hybridized carbons (Fsp3) is 0.400. The summed E-state index contributed by atoms with van der Waals surface area (Å²) in [5.74, 6) is 1.02. The Bertz CT molecular complexity index is 368. The number of hydrogen-bond donors (Lipinski definition) is 2. The molecular weight excluding hydrogens is 208 g/mol. The Balaban J connectivity index is 1.74. The summed E-state index contributed by atoms with van der Waals surface area (Å²) in [7, 11) is 0. The number of hydrogen-bond acceptors (Lipinski definition) is 4. The van der Waals surface area contributed by atoms with Gasteiger partial charge < -0.3 is 10.3 Å². The topological polar surface area (TPSA) is 53.6 Å². The van der Waals surface area contributed by atoms with Crippen molar-refractivity contribution in [1.82, 2.24) is 20.3 Å². The summed E-state index contributed by atoms with van der Waals surface area (Å²) < 4.78 is 0. The van der Waals surface area contributed by atoms with Crippen LogP contribution in [0.4, 0.5) is 0 Å². The molecule has 2 rings (SSSR count). The first kappa shape index (κ1) is 10.3. The maximum absolute atomic E-state index is 4.26. The standard InChI is InChI=1S/C10H14N4S/c1-8(9-6-15-7-14-9)11-3-2-10-12-4-5-13-10/h4-8,11H,2-3H2,1H3,(H,12,13). The number of thiazole rings is 1. The van der Waals surface area contributed by atoms with Crippen molar-refractivity contribution in [3.8, 4) is 0 Å². The van der Waals surface area contributed by atoms with E-state index in [0.29, 0.717) is 6.04 Å². The lowest BCUT2D eigenvalue weighted by Gasteiger charge is -2.10. The molecule has 5 heteroatoms. The van der Waals surface area contributed by atoms with Gasteiger partial charge in [-0.25, -0.2) is 9.97 Å².